The van der Waals surface area contributed by atoms with E-state index in [2.05, 4.69) is 0 Å². The van der Waals surface area contributed by atoms with Gasteiger partial charge in [-0.3, -0.25) is 0 Å². The number of thioether (sulfide) groups is 1. The zero-order valence-corrected chi connectivity index (χ0v) is 6.54. The number of aliphatic hydroxyl groups excluding tert-OH is 2. The van der Waals surface area contributed by atoms with Crippen LogP contribution in [0.15, 0.2) is 0 Å². The molecule has 1 rings (SSSR count). The second kappa shape index (κ2) is 3.57. The molecule has 3 unspecified atom stereocenters. The predicted molar refractivity (Wildman–Crippen MR) is 39.6 cm³/mol. The Balaban J connectivity index is 2.33. The van der Waals surface area contributed by atoms with E-state index in [9.17, 15) is 0 Å². The van der Waals surface area contributed by atoms with E-state index in [0.29, 0.717) is 5.75 Å². The molecule has 3 atom stereocenters. The topological polar surface area (TPSA) is 49.7 Å². The summed E-state index contributed by atoms with van der Waals surface area (Å²) in [5.41, 5.74) is 0. The van der Waals surface area contributed by atoms with Crippen LogP contribution >= 0.6 is 11.8 Å². The maximum atomic E-state index is 9.17. The van der Waals surface area contributed by atoms with Crippen LogP contribution in [0, 0.1) is 6.61 Å². The molecule has 1 heterocycles. The van der Waals surface area contributed by atoms with Gasteiger partial charge in [0.15, 0.2) is 0 Å². The average Bonchev–Trinajstić information content (AvgIpc) is 2.20. The zero-order chi connectivity index (χ0) is 7.56. The van der Waals surface area contributed by atoms with Gasteiger partial charge in [0.05, 0.1) is 6.10 Å². The van der Waals surface area contributed by atoms with Crippen LogP contribution < -0.4 is 0 Å². The van der Waals surface area contributed by atoms with Gasteiger partial charge in [0.2, 0.25) is 0 Å². The predicted octanol–water partition coefficient (Wildman–Crippen LogP) is -0.368. The number of rotatable bonds is 2. The lowest BCUT2D eigenvalue weighted by Gasteiger charge is -2.12. The minimum absolute atomic E-state index is 0.231. The van der Waals surface area contributed by atoms with Gasteiger partial charge in [-0.15, -0.1) is 0 Å². The second-order valence-electron chi connectivity index (χ2n) is 2.25. The van der Waals surface area contributed by atoms with Crippen LogP contribution in [-0.4, -0.2) is 40.5 Å². The third-order valence-electron chi connectivity index (χ3n) is 1.45. The average molecular weight is 163 g/mol. The highest BCUT2D eigenvalue weighted by Crippen LogP contribution is 2.19. The van der Waals surface area contributed by atoms with E-state index in [1.165, 1.54) is 6.61 Å². The summed E-state index contributed by atoms with van der Waals surface area (Å²) in [6.07, 6.45) is 0.149. The largest absolute Gasteiger partial charge is 0.388 e. The summed E-state index contributed by atoms with van der Waals surface area (Å²) in [6, 6.07) is 0. The fourth-order valence-corrected chi connectivity index (χ4v) is 1.47. The van der Waals surface area contributed by atoms with Crippen molar-refractivity contribution in [3.05, 3.63) is 6.61 Å². The van der Waals surface area contributed by atoms with E-state index in [1.807, 2.05) is 6.26 Å². The summed E-state index contributed by atoms with van der Waals surface area (Å²) >= 11 is 1.59. The van der Waals surface area contributed by atoms with Crippen molar-refractivity contribution in [3.8, 4) is 0 Å². The molecule has 10 heavy (non-hydrogen) atoms. The third kappa shape index (κ3) is 1.63. The Kier molecular flexibility index (Phi) is 2.97. The molecule has 4 heteroatoms. The monoisotopic (exact) mass is 163 g/mol. The van der Waals surface area contributed by atoms with E-state index in [4.69, 9.17) is 14.9 Å². The first kappa shape index (κ1) is 8.33. The molecule has 3 nitrogen and oxygen atoms in total. The summed E-state index contributed by atoms with van der Waals surface area (Å²) in [6.45, 7) is 1.28. The molecule has 0 bridgehead atoms. The Hall–Kier alpha value is 0.230. The van der Waals surface area contributed by atoms with Gasteiger partial charge in [0.1, 0.15) is 18.8 Å². The maximum Gasteiger partial charge on any atom is 0.115 e. The summed E-state index contributed by atoms with van der Waals surface area (Å²) < 4.78 is 4.97. The van der Waals surface area contributed by atoms with Crippen LogP contribution in [0.1, 0.15) is 0 Å². The molecule has 1 radical (unpaired) electrons. The van der Waals surface area contributed by atoms with Crippen LogP contribution in [0.2, 0.25) is 0 Å². The Morgan fingerprint density at radius 2 is 2.30 bits per heavy atom. The normalized spacial score (nSPS) is 40.5. The van der Waals surface area contributed by atoms with Crippen molar-refractivity contribution in [2.45, 2.75) is 18.3 Å². The highest BCUT2D eigenvalue weighted by molar-refractivity contribution is 7.98. The summed E-state index contributed by atoms with van der Waals surface area (Å²) in [7, 11) is 0. The Labute approximate surface area is 64.4 Å². The Morgan fingerprint density at radius 3 is 2.70 bits per heavy atom. The molecule has 0 aliphatic carbocycles. The molecular weight excluding hydrogens is 152 g/mol. The van der Waals surface area contributed by atoms with Crippen LogP contribution in [0.4, 0.5) is 0 Å². The molecule has 2 N–H and O–H groups in total. The minimum atomic E-state index is -0.808. The molecule has 0 aromatic rings. The molecule has 59 valence electrons. The summed E-state index contributed by atoms with van der Waals surface area (Å²) in [5, 5.41) is 18.1. The lowest BCUT2D eigenvalue weighted by molar-refractivity contribution is 0.0337. The van der Waals surface area contributed by atoms with Crippen LogP contribution in [-0.2, 0) is 4.74 Å². The molecular formula is C6H11O3S. The fourth-order valence-electron chi connectivity index (χ4n) is 0.864. The molecule has 1 saturated heterocycles. The number of aliphatic hydroxyl groups is 2. The molecule has 1 aliphatic heterocycles. The lowest BCUT2D eigenvalue weighted by Crippen LogP contribution is -2.30. The summed E-state index contributed by atoms with van der Waals surface area (Å²) in [5.74, 6) is 0.717. The van der Waals surface area contributed by atoms with Crippen molar-refractivity contribution in [1.82, 2.24) is 0 Å². The van der Waals surface area contributed by atoms with Gasteiger partial charge in [0, 0.05) is 5.75 Å². The van der Waals surface area contributed by atoms with E-state index in [-0.39, 0.29) is 6.10 Å². The highest BCUT2D eigenvalue weighted by atomic mass is 32.2. The molecule has 0 saturated carbocycles. The van der Waals surface area contributed by atoms with Gasteiger partial charge in [-0.25, -0.2) is 0 Å². The first-order chi connectivity index (χ1) is 4.75. The minimum Gasteiger partial charge on any atom is -0.388 e. The van der Waals surface area contributed by atoms with E-state index in [1.54, 1.807) is 11.8 Å². The van der Waals surface area contributed by atoms with Crippen LogP contribution in [0.5, 0.6) is 0 Å². The van der Waals surface area contributed by atoms with E-state index >= 15 is 0 Å². The number of hydrogen-bond donors (Lipinski definition) is 2. The Bertz CT molecular complexity index is 107. The molecule has 0 spiro atoms. The zero-order valence-electron chi connectivity index (χ0n) is 5.73. The smallest absolute Gasteiger partial charge is 0.115 e. The van der Waals surface area contributed by atoms with Crippen molar-refractivity contribution in [1.29, 1.82) is 0 Å². The van der Waals surface area contributed by atoms with E-state index < -0.39 is 12.2 Å². The van der Waals surface area contributed by atoms with Crippen LogP contribution in [0.25, 0.3) is 0 Å². The number of hydrogen-bond acceptors (Lipinski definition) is 4. The van der Waals surface area contributed by atoms with Crippen molar-refractivity contribution in [2.75, 3.05) is 12.0 Å². The molecule has 0 aromatic heterocycles. The molecule has 0 amide bonds. The van der Waals surface area contributed by atoms with Gasteiger partial charge < -0.3 is 14.9 Å². The van der Waals surface area contributed by atoms with Crippen molar-refractivity contribution < 1.29 is 14.9 Å². The molecule has 0 aromatic carbocycles. The first-order valence-corrected chi connectivity index (χ1v) is 4.49. The van der Waals surface area contributed by atoms with Crippen molar-refractivity contribution in [3.63, 3.8) is 0 Å². The van der Waals surface area contributed by atoms with Crippen molar-refractivity contribution in [2.24, 2.45) is 0 Å². The SMILES string of the molecule is CSCC1O[CH]C(O)C1O. The quantitative estimate of drug-likeness (QED) is 0.583. The van der Waals surface area contributed by atoms with Gasteiger partial charge in [-0.1, -0.05) is 0 Å². The van der Waals surface area contributed by atoms with Gasteiger partial charge in [0.25, 0.3) is 0 Å². The lowest BCUT2D eigenvalue weighted by atomic mass is 10.2. The second-order valence-corrected chi connectivity index (χ2v) is 3.16. The van der Waals surface area contributed by atoms with Gasteiger partial charge >= 0.3 is 0 Å². The standard InChI is InChI=1S/C6H11O3S/c1-10-3-5-6(8)4(7)2-9-5/h2,4-8H,3H2,1H3. The molecule has 1 aliphatic rings. The molecule has 1 fully saturated rings. The first-order valence-electron chi connectivity index (χ1n) is 3.09. The number of ether oxygens (including phenoxy) is 1. The van der Waals surface area contributed by atoms with E-state index in [0.717, 1.165) is 0 Å². The summed E-state index contributed by atoms with van der Waals surface area (Å²) in [4.78, 5) is 0. The van der Waals surface area contributed by atoms with Crippen LogP contribution in [0.3, 0.4) is 0 Å². The van der Waals surface area contributed by atoms with Crippen molar-refractivity contribution >= 4 is 11.8 Å². The third-order valence-corrected chi connectivity index (χ3v) is 2.12. The highest BCUT2D eigenvalue weighted by Gasteiger charge is 2.34. The van der Waals surface area contributed by atoms with Gasteiger partial charge in [-0.05, 0) is 6.26 Å². The Morgan fingerprint density at radius 1 is 1.60 bits per heavy atom. The fraction of sp³-hybridized carbons (Fsp3) is 0.833. The maximum absolute atomic E-state index is 9.17. The van der Waals surface area contributed by atoms with Gasteiger partial charge in [-0.2, -0.15) is 11.8 Å².